The number of hydrogen-bond donors (Lipinski definition) is 1. The van der Waals surface area contributed by atoms with E-state index in [1.807, 2.05) is 0 Å². The van der Waals surface area contributed by atoms with Gasteiger partial charge in [0, 0.05) is 5.02 Å². The summed E-state index contributed by atoms with van der Waals surface area (Å²) in [5.74, 6) is -0.595. The zero-order valence-corrected chi connectivity index (χ0v) is 15.2. The van der Waals surface area contributed by atoms with Crippen LogP contribution in [0.25, 0.3) is 0 Å². The van der Waals surface area contributed by atoms with Crippen LogP contribution in [0.2, 0.25) is 10.0 Å². The topological polar surface area (TPSA) is 64.6 Å². The first kappa shape index (κ1) is 19.1. The summed E-state index contributed by atoms with van der Waals surface area (Å²) in [6, 6.07) is 11.3. The highest BCUT2D eigenvalue weighted by Gasteiger charge is 2.19. The minimum Gasteiger partial charge on any atom is -0.479 e. The fraction of sp³-hybridized carbons (Fsp3) is 0.222. The van der Waals surface area contributed by atoms with Crippen LogP contribution in [-0.4, -0.2) is 24.6 Å². The molecule has 0 aliphatic rings. The summed E-state index contributed by atoms with van der Waals surface area (Å²) in [5.41, 5.74) is 0.623. The van der Waals surface area contributed by atoms with E-state index < -0.39 is 18.0 Å². The quantitative estimate of drug-likeness (QED) is 0.743. The molecule has 2 aromatic carbocycles. The van der Waals surface area contributed by atoms with Gasteiger partial charge in [-0.3, -0.25) is 4.79 Å². The molecule has 132 valence electrons. The molecule has 0 aliphatic heterocycles. The molecule has 2 rings (SSSR count). The zero-order valence-electron chi connectivity index (χ0n) is 13.7. The average molecular weight is 382 g/mol. The van der Waals surface area contributed by atoms with E-state index in [-0.39, 0.29) is 12.2 Å². The van der Waals surface area contributed by atoms with E-state index in [0.29, 0.717) is 21.5 Å². The minimum atomic E-state index is -0.839. The molecule has 1 N–H and O–H groups in total. The van der Waals surface area contributed by atoms with Crippen molar-refractivity contribution in [1.82, 2.24) is 0 Å². The van der Waals surface area contributed by atoms with Crippen LogP contribution in [0.4, 0.5) is 5.69 Å². The van der Waals surface area contributed by atoms with Crippen molar-refractivity contribution in [2.75, 3.05) is 11.9 Å². The number of benzene rings is 2. The summed E-state index contributed by atoms with van der Waals surface area (Å²) < 4.78 is 10.5. The predicted molar refractivity (Wildman–Crippen MR) is 97.6 cm³/mol. The summed E-state index contributed by atoms with van der Waals surface area (Å²) in [6.07, 6.45) is -0.839. The van der Waals surface area contributed by atoms with Gasteiger partial charge in [0.1, 0.15) is 5.75 Å². The van der Waals surface area contributed by atoms with Crippen LogP contribution >= 0.6 is 23.2 Å². The standard InChI is InChI=1S/C18H17Cl2NO4/c1-3-24-18(23)13-6-4-5-7-15(13)21-17(22)11(2)25-16-9-8-12(19)10-14(16)20/h4-11H,3H2,1-2H3,(H,21,22). The molecule has 0 saturated carbocycles. The van der Waals surface area contributed by atoms with E-state index in [1.54, 1.807) is 50.2 Å². The lowest BCUT2D eigenvalue weighted by Gasteiger charge is -2.17. The number of nitrogens with one attached hydrogen (secondary N) is 1. The van der Waals surface area contributed by atoms with Crippen molar-refractivity contribution < 1.29 is 19.1 Å². The lowest BCUT2D eigenvalue weighted by molar-refractivity contribution is -0.122. The third-order valence-electron chi connectivity index (χ3n) is 3.25. The van der Waals surface area contributed by atoms with Gasteiger partial charge in [-0.15, -0.1) is 0 Å². The maximum Gasteiger partial charge on any atom is 0.340 e. The van der Waals surface area contributed by atoms with Crippen molar-refractivity contribution in [3.05, 3.63) is 58.1 Å². The number of amides is 1. The molecule has 0 aliphatic carbocycles. The Morgan fingerprint density at radius 1 is 1.16 bits per heavy atom. The fourth-order valence-electron chi connectivity index (χ4n) is 2.03. The third-order valence-corrected chi connectivity index (χ3v) is 3.78. The second kappa shape index (κ2) is 8.74. The number of ether oxygens (including phenoxy) is 2. The van der Waals surface area contributed by atoms with Gasteiger partial charge in [-0.05, 0) is 44.2 Å². The number of hydrogen-bond acceptors (Lipinski definition) is 4. The van der Waals surface area contributed by atoms with Crippen LogP contribution in [0.5, 0.6) is 5.75 Å². The number of carbonyl (C=O) groups is 2. The molecule has 0 radical (unpaired) electrons. The Hall–Kier alpha value is -2.24. The van der Waals surface area contributed by atoms with Crippen molar-refractivity contribution in [2.24, 2.45) is 0 Å². The van der Waals surface area contributed by atoms with Gasteiger partial charge >= 0.3 is 5.97 Å². The smallest absolute Gasteiger partial charge is 0.340 e. The molecule has 0 bridgehead atoms. The Morgan fingerprint density at radius 2 is 1.88 bits per heavy atom. The summed E-state index contributed by atoms with van der Waals surface area (Å²) in [5, 5.41) is 3.44. The number of para-hydroxylation sites is 1. The molecule has 0 spiro atoms. The Kier molecular flexibility index (Phi) is 6.67. The highest BCUT2D eigenvalue weighted by Crippen LogP contribution is 2.28. The Balaban J connectivity index is 2.10. The van der Waals surface area contributed by atoms with E-state index in [4.69, 9.17) is 32.7 Å². The molecule has 0 aromatic heterocycles. The lowest BCUT2D eigenvalue weighted by atomic mass is 10.1. The van der Waals surface area contributed by atoms with E-state index in [9.17, 15) is 9.59 Å². The van der Waals surface area contributed by atoms with Crippen molar-refractivity contribution >= 4 is 40.8 Å². The van der Waals surface area contributed by atoms with Gasteiger partial charge < -0.3 is 14.8 Å². The van der Waals surface area contributed by atoms with Gasteiger partial charge in [-0.25, -0.2) is 4.79 Å². The zero-order chi connectivity index (χ0) is 18.4. The van der Waals surface area contributed by atoms with Gasteiger partial charge in [0.05, 0.1) is 22.9 Å². The Morgan fingerprint density at radius 3 is 2.56 bits per heavy atom. The summed E-state index contributed by atoms with van der Waals surface area (Å²) >= 11 is 11.9. The predicted octanol–water partition coefficient (Wildman–Crippen LogP) is 4.58. The maximum atomic E-state index is 12.4. The van der Waals surface area contributed by atoms with Gasteiger partial charge in [-0.1, -0.05) is 35.3 Å². The van der Waals surface area contributed by atoms with E-state index in [1.165, 1.54) is 6.07 Å². The second-order valence-corrected chi connectivity index (χ2v) is 5.93. The van der Waals surface area contributed by atoms with Crippen LogP contribution in [0, 0.1) is 0 Å². The first-order chi connectivity index (χ1) is 11.9. The Bertz CT molecular complexity index is 779. The molecular weight excluding hydrogens is 365 g/mol. The van der Waals surface area contributed by atoms with Crippen LogP contribution in [0.15, 0.2) is 42.5 Å². The van der Waals surface area contributed by atoms with E-state index in [0.717, 1.165) is 0 Å². The number of halogens is 2. The summed E-state index contributed by atoms with van der Waals surface area (Å²) in [6.45, 7) is 3.54. The molecule has 1 unspecified atom stereocenters. The van der Waals surface area contributed by atoms with Gasteiger partial charge in [-0.2, -0.15) is 0 Å². The van der Waals surface area contributed by atoms with Gasteiger partial charge in [0.15, 0.2) is 6.10 Å². The van der Waals surface area contributed by atoms with E-state index >= 15 is 0 Å². The van der Waals surface area contributed by atoms with Crippen molar-refractivity contribution in [2.45, 2.75) is 20.0 Å². The maximum absolute atomic E-state index is 12.4. The molecule has 1 amide bonds. The van der Waals surface area contributed by atoms with Crippen LogP contribution in [-0.2, 0) is 9.53 Å². The lowest BCUT2D eigenvalue weighted by Crippen LogP contribution is -2.30. The average Bonchev–Trinajstić information content (AvgIpc) is 2.58. The third kappa shape index (κ3) is 5.11. The SMILES string of the molecule is CCOC(=O)c1ccccc1NC(=O)C(C)Oc1ccc(Cl)cc1Cl. The van der Waals surface area contributed by atoms with Gasteiger partial charge in [0.25, 0.3) is 5.91 Å². The molecule has 0 saturated heterocycles. The van der Waals surface area contributed by atoms with Crippen LogP contribution < -0.4 is 10.1 Å². The minimum absolute atomic E-state index is 0.246. The highest BCUT2D eigenvalue weighted by molar-refractivity contribution is 6.35. The van der Waals surface area contributed by atoms with Crippen LogP contribution in [0.3, 0.4) is 0 Å². The number of anilines is 1. The molecule has 7 heteroatoms. The summed E-state index contributed by atoms with van der Waals surface area (Å²) in [4.78, 5) is 24.3. The largest absolute Gasteiger partial charge is 0.479 e. The summed E-state index contributed by atoms with van der Waals surface area (Å²) in [7, 11) is 0. The number of rotatable bonds is 6. The molecule has 0 fully saturated rings. The van der Waals surface area contributed by atoms with Crippen molar-refractivity contribution in [1.29, 1.82) is 0 Å². The molecule has 2 aromatic rings. The molecular formula is C18H17Cl2NO4. The highest BCUT2D eigenvalue weighted by atomic mass is 35.5. The fourth-order valence-corrected chi connectivity index (χ4v) is 2.48. The molecule has 5 nitrogen and oxygen atoms in total. The Labute approximate surface area is 155 Å². The molecule has 25 heavy (non-hydrogen) atoms. The van der Waals surface area contributed by atoms with Crippen molar-refractivity contribution in [3.63, 3.8) is 0 Å². The van der Waals surface area contributed by atoms with Crippen LogP contribution in [0.1, 0.15) is 24.2 Å². The second-order valence-electron chi connectivity index (χ2n) is 5.09. The van der Waals surface area contributed by atoms with Crippen molar-refractivity contribution in [3.8, 4) is 5.75 Å². The first-order valence-electron chi connectivity index (χ1n) is 7.61. The monoisotopic (exact) mass is 381 g/mol. The van der Waals surface area contributed by atoms with E-state index in [2.05, 4.69) is 5.32 Å². The first-order valence-corrected chi connectivity index (χ1v) is 8.36. The van der Waals surface area contributed by atoms with Gasteiger partial charge in [0.2, 0.25) is 0 Å². The molecule has 1 atom stereocenters. The number of esters is 1. The molecule has 0 heterocycles. The number of carbonyl (C=O) groups excluding carboxylic acids is 2. The normalized spacial score (nSPS) is 11.5.